The van der Waals surface area contributed by atoms with Crippen LogP contribution >= 0.6 is 22.9 Å². The Kier molecular flexibility index (Phi) is 6.16. The molecule has 34 heavy (non-hydrogen) atoms. The first-order valence-electron chi connectivity index (χ1n) is 11.6. The van der Waals surface area contributed by atoms with E-state index >= 15 is 0 Å². The van der Waals surface area contributed by atoms with E-state index < -0.39 is 5.41 Å². The number of fused-ring (bicyclic) bond motifs is 1. The molecular formula is C26H26ClN3O3S. The van der Waals surface area contributed by atoms with E-state index in [0.29, 0.717) is 17.1 Å². The largest absolute Gasteiger partial charge is 0.339 e. The number of para-hydroxylation sites is 1. The van der Waals surface area contributed by atoms with Crippen LogP contribution in [0, 0.1) is 0 Å². The highest BCUT2D eigenvalue weighted by Gasteiger charge is 2.56. The van der Waals surface area contributed by atoms with Gasteiger partial charge in [-0.25, -0.2) is 4.98 Å². The van der Waals surface area contributed by atoms with Crippen LogP contribution in [0.2, 0.25) is 5.02 Å². The summed E-state index contributed by atoms with van der Waals surface area (Å²) >= 11 is 8.08. The van der Waals surface area contributed by atoms with Crippen LogP contribution in [0.25, 0.3) is 10.2 Å². The van der Waals surface area contributed by atoms with E-state index in [1.807, 2.05) is 24.3 Å². The van der Waals surface area contributed by atoms with Crippen LogP contribution in [0.4, 0.5) is 0 Å². The van der Waals surface area contributed by atoms with Crippen molar-refractivity contribution in [1.82, 2.24) is 14.8 Å². The van der Waals surface area contributed by atoms with Gasteiger partial charge in [-0.1, -0.05) is 54.8 Å². The summed E-state index contributed by atoms with van der Waals surface area (Å²) in [6, 6.07) is 14.8. The molecule has 0 bridgehead atoms. The maximum Gasteiger partial charge on any atom is 0.241 e. The fourth-order valence-corrected chi connectivity index (χ4v) is 6.60. The van der Waals surface area contributed by atoms with Crippen molar-refractivity contribution in [3.63, 3.8) is 0 Å². The maximum absolute atomic E-state index is 13.9. The molecule has 2 heterocycles. The Hall–Kier alpha value is -2.77. The van der Waals surface area contributed by atoms with E-state index in [9.17, 15) is 14.4 Å². The average molecular weight is 496 g/mol. The van der Waals surface area contributed by atoms with Crippen LogP contribution in [0.1, 0.15) is 49.1 Å². The molecule has 1 saturated heterocycles. The summed E-state index contributed by atoms with van der Waals surface area (Å²) in [4.78, 5) is 48.1. The Labute approximate surface area is 207 Å². The molecule has 1 aromatic heterocycles. The Morgan fingerprint density at radius 2 is 1.85 bits per heavy atom. The number of hydrogen-bond donors (Lipinski definition) is 0. The van der Waals surface area contributed by atoms with E-state index in [4.69, 9.17) is 11.6 Å². The van der Waals surface area contributed by atoms with Gasteiger partial charge in [0.15, 0.2) is 0 Å². The topological polar surface area (TPSA) is 70.6 Å². The first-order chi connectivity index (χ1) is 16.4. The summed E-state index contributed by atoms with van der Waals surface area (Å²) in [6.07, 6.45) is 3.51. The van der Waals surface area contributed by atoms with Gasteiger partial charge in [-0.2, -0.15) is 0 Å². The molecule has 2 aliphatic rings. The van der Waals surface area contributed by atoms with Gasteiger partial charge < -0.3 is 4.90 Å². The number of amides is 3. The highest BCUT2D eigenvalue weighted by Crippen LogP contribution is 2.45. The number of imide groups is 1. The zero-order valence-electron chi connectivity index (χ0n) is 19.0. The first kappa shape index (κ1) is 23.0. The lowest BCUT2D eigenvalue weighted by atomic mass is 9.75. The summed E-state index contributed by atoms with van der Waals surface area (Å²) in [7, 11) is 1.71. The summed E-state index contributed by atoms with van der Waals surface area (Å²) in [6.45, 7) is 0.339. The van der Waals surface area contributed by atoms with Crippen molar-refractivity contribution >= 4 is 50.9 Å². The molecule has 1 atom stereocenters. The lowest BCUT2D eigenvalue weighted by molar-refractivity contribution is -0.144. The van der Waals surface area contributed by atoms with Crippen LogP contribution in [-0.4, -0.2) is 45.6 Å². The number of halogens is 1. The molecule has 0 N–H and O–H groups in total. The van der Waals surface area contributed by atoms with Crippen LogP contribution < -0.4 is 0 Å². The van der Waals surface area contributed by atoms with E-state index in [1.165, 1.54) is 4.90 Å². The molecule has 0 spiro atoms. The second kappa shape index (κ2) is 9.12. The molecule has 6 nitrogen and oxygen atoms in total. The Balaban J connectivity index is 1.44. The number of benzene rings is 2. The fraction of sp³-hybridized carbons (Fsp3) is 0.385. The first-order valence-corrected chi connectivity index (χ1v) is 12.8. The van der Waals surface area contributed by atoms with Crippen LogP contribution in [0.15, 0.2) is 48.5 Å². The standard InChI is InChI=1S/C26H26ClN3O3S/c1-29(16-22-28-20-12-6-7-13-21(20)34-22)23(31)14-26(18-10-4-5-11-19(18)27)15-24(32)30(25(26)33)17-8-2-3-9-17/h4-7,10-13,17H,2-3,8-9,14-16H2,1H3. The SMILES string of the molecule is CN(Cc1nc2ccccc2s1)C(=O)CC1(c2ccccc2Cl)CC(=O)N(C2CCCC2)C1=O. The van der Waals surface area contributed by atoms with E-state index in [0.717, 1.165) is 40.9 Å². The minimum atomic E-state index is -1.28. The molecule has 2 aromatic carbocycles. The molecule has 3 amide bonds. The summed E-state index contributed by atoms with van der Waals surface area (Å²) < 4.78 is 1.06. The molecule has 1 saturated carbocycles. The molecule has 176 valence electrons. The monoisotopic (exact) mass is 495 g/mol. The van der Waals surface area contributed by atoms with Crippen molar-refractivity contribution in [1.29, 1.82) is 0 Å². The van der Waals surface area contributed by atoms with Gasteiger partial charge in [0.2, 0.25) is 17.7 Å². The van der Waals surface area contributed by atoms with Gasteiger partial charge in [-0.05, 0) is 36.6 Å². The second-order valence-electron chi connectivity index (χ2n) is 9.25. The van der Waals surface area contributed by atoms with Gasteiger partial charge in [-0.3, -0.25) is 19.3 Å². The third-order valence-corrected chi connectivity index (χ3v) is 8.37. The molecule has 0 radical (unpaired) electrons. The predicted molar refractivity (Wildman–Crippen MR) is 133 cm³/mol. The van der Waals surface area contributed by atoms with E-state index in [1.54, 1.807) is 47.5 Å². The van der Waals surface area contributed by atoms with Gasteiger partial charge in [0.1, 0.15) is 5.01 Å². The van der Waals surface area contributed by atoms with Crippen molar-refractivity contribution in [2.45, 2.75) is 56.5 Å². The number of nitrogens with zero attached hydrogens (tertiary/aromatic N) is 3. The summed E-state index contributed by atoms with van der Waals surface area (Å²) in [5, 5.41) is 1.23. The van der Waals surface area contributed by atoms with Crippen molar-refractivity contribution in [3.05, 3.63) is 64.1 Å². The van der Waals surface area contributed by atoms with Crippen molar-refractivity contribution in [2.24, 2.45) is 0 Å². The molecule has 1 aliphatic carbocycles. The molecule has 8 heteroatoms. The quantitative estimate of drug-likeness (QED) is 0.454. The Morgan fingerprint density at radius 1 is 1.15 bits per heavy atom. The molecule has 1 unspecified atom stereocenters. The molecule has 3 aromatic rings. The predicted octanol–water partition coefficient (Wildman–Crippen LogP) is 4.94. The third-order valence-electron chi connectivity index (χ3n) is 7.02. The number of thiazole rings is 1. The highest BCUT2D eigenvalue weighted by molar-refractivity contribution is 7.18. The molecular weight excluding hydrogens is 470 g/mol. The number of aromatic nitrogens is 1. The van der Waals surface area contributed by atoms with Gasteiger partial charge >= 0.3 is 0 Å². The minimum Gasteiger partial charge on any atom is -0.339 e. The second-order valence-corrected chi connectivity index (χ2v) is 10.8. The summed E-state index contributed by atoms with van der Waals surface area (Å²) in [5.74, 6) is -0.716. The van der Waals surface area contributed by atoms with Crippen molar-refractivity contribution in [3.8, 4) is 0 Å². The smallest absolute Gasteiger partial charge is 0.241 e. The van der Waals surface area contributed by atoms with Gasteiger partial charge in [0.25, 0.3) is 0 Å². The zero-order valence-corrected chi connectivity index (χ0v) is 20.6. The molecule has 5 rings (SSSR count). The highest BCUT2D eigenvalue weighted by atomic mass is 35.5. The maximum atomic E-state index is 13.9. The lowest BCUT2D eigenvalue weighted by Gasteiger charge is -2.31. The summed E-state index contributed by atoms with van der Waals surface area (Å²) in [5.41, 5.74) is 0.175. The van der Waals surface area contributed by atoms with Crippen LogP contribution in [-0.2, 0) is 26.3 Å². The zero-order chi connectivity index (χ0) is 23.9. The van der Waals surface area contributed by atoms with Crippen molar-refractivity contribution < 1.29 is 14.4 Å². The fourth-order valence-electron chi connectivity index (χ4n) is 5.26. The Morgan fingerprint density at radius 3 is 2.59 bits per heavy atom. The number of carbonyl (C=O) groups is 3. The van der Waals surface area contributed by atoms with E-state index in [2.05, 4.69) is 4.98 Å². The van der Waals surface area contributed by atoms with Gasteiger partial charge in [0.05, 0.1) is 22.2 Å². The number of likely N-dealkylation sites (tertiary alicyclic amines) is 1. The van der Waals surface area contributed by atoms with Crippen LogP contribution in [0.3, 0.4) is 0 Å². The number of hydrogen-bond acceptors (Lipinski definition) is 5. The Bertz CT molecular complexity index is 1240. The normalized spacial score (nSPS) is 21.1. The molecule has 2 fully saturated rings. The minimum absolute atomic E-state index is 0.0349. The van der Waals surface area contributed by atoms with E-state index in [-0.39, 0.29) is 36.6 Å². The third kappa shape index (κ3) is 4.01. The van der Waals surface area contributed by atoms with Crippen molar-refractivity contribution in [2.75, 3.05) is 7.05 Å². The average Bonchev–Trinajstić information content (AvgIpc) is 3.53. The van der Waals surface area contributed by atoms with Crippen LogP contribution in [0.5, 0.6) is 0 Å². The number of carbonyl (C=O) groups excluding carboxylic acids is 3. The molecule has 1 aliphatic heterocycles. The van der Waals surface area contributed by atoms with Gasteiger partial charge in [0, 0.05) is 31.0 Å². The number of rotatable bonds is 6. The lowest BCUT2D eigenvalue weighted by Crippen LogP contribution is -2.45. The van der Waals surface area contributed by atoms with Gasteiger partial charge in [-0.15, -0.1) is 11.3 Å².